The second-order valence-electron chi connectivity index (χ2n) is 10.8. The fourth-order valence-corrected chi connectivity index (χ4v) is 5.05. The number of imidazole rings is 1. The zero-order valence-electron chi connectivity index (χ0n) is 24.4. The first-order valence-electron chi connectivity index (χ1n) is 14.2. The molecule has 1 amide bonds. The Bertz CT molecular complexity index is 1760. The molecule has 43 heavy (non-hydrogen) atoms. The smallest absolute Gasteiger partial charge is 0.255 e. The number of nitrogens with zero attached hydrogens (tertiary/aromatic N) is 6. The van der Waals surface area contributed by atoms with Crippen LogP contribution in [0.3, 0.4) is 0 Å². The number of halogens is 1. The maximum absolute atomic E-state index is 13.5. The van der Waals surface area contributed by atoms with Crippen molar-refractivity contribution in [1.29, 1.82) is 0 Å². The Kier molecular flexibility index (Phi) is 7.84. The molecule has 9 nitrogen and oxygen atoms in total. The molecular formula is C33H33FN8O. The zero-order chi connectivity index (χ0) is 29.9. The first-order chi connectivity index (χ1) is 20.8. The van der Waals surface area contributed by atoms with E-state index >= 15 is 0 Å². The molecule has 0 radical (unpaired) electrons. The SMILES string of the molecule is Cc1cn(-c2cc(NC(=O)c3ccc(C)c(Nc4nccc(-c5ccc(F)cc5)n4)c3)cc(N3CCN(C)CC3)c2)cn1. The number of nitrogens with one attached hydrogen (secondary N) is 2. The van der Waals surface area contributed by atoms with Crippen LogP contribution >= 0.6 is 0 Å². The van der Waals surface area contributed by atoms with Gasteiger partial charge in [0.25, 0.3) is 5.91 Å². The Morgan fingerprint density at radius 2 is 1.65 bits per heavy atom. The van der Waals surface area contributed by atoms with E-state index in [0.29, 0.717) is 28.6 Å². The van der Waals surface area contributed by atoms with Gasteiger partial charge in [0, 0.05) is 66.8 Å². The number of carbonyl (C=O) groups excluding carboxylic acids is 1. The highest BCUT2D eigenvalue weighted by molar-refractivity contribution is 6.05. The largest absolute Gasteiger partial charge is 0.369 e. The molecule has 6 rings (SSSR count). The van der Waals surface area contributed by atoms with Crippen molar-refractivity contribution in [2.45, 2.75) is 13.8 Å². The van der Waals surface area contributed by atoms with E-state index in [1.54, 1.807) is 42.9 Å². The molecule has 3 aromatic carbocycles. The fourth-order valence-electron chi connectivity index (χ4n) is 5.05. The highest BCUT2D eigenvalue weighted by Gasteiger charge is 2.17. The summed E-state index contributed by atoms with van der Waals surface area (Å²) in [6.45, 7) is 7.68. The summed E-state index contributed by atoms with van der Waals surface area (Å²) in [6, 6.07) is 19.5. The molecule has 0 bridgehead atoms. The van der Waals surface area contributed by atoms with Crippen molar-refractivity contribution in [1.82, 2.24) is 24.4 Å². The van der Waals surface area contributed by atoms with Crippen LogP contribution in [-0.2, 0) is 0 Å². The molecule has 1 aliphatic heterocycles. The van der Waals surface area contributed by atoms with Gasteiger partial charge in [0.2, 0.25) is 5.95 Å². The number of carbonyl (C=O) groups is 1. The topological polar surface area (TPSA) is 91.2 Å². The number of hydrogen-bond acceptors (Lipinski definition) is 7. The number of likely N-dealkylation sites (N-methyl/N-ethyl adjacent to an activating group) is 1. The van der Waals surface area contributed by atoms with Gasteiger partial charge in [0.15, 0.2) is 0 Å². The quantitative estimate of drug-likeness (QED) is 0.252. The average molecular weight is 577 g/mol. The molecule has 0 aliphatic carbocycles. The predicted molar refractivity (Wildman–Crippen MR) is 168 cm³/mol. The lowest BCUT2D eigenvalue weighted by molar-refractivity contribution is 0.102. The van der Waals surface area contributed by atoms with E-state index in [0.717, 1.165) is 54.4 Å². The predicted octanol–water partition coefficient (Wildman–Crippen LogP) is 5.83. The van der Waals surface area contributed by atoms with Crippen molar-refractivity contribution in [3.8, 4) is 16.9 Å². The van der Waals surface area contributed by atoms with Crippen LogP contribution < -0.4 is 15.5 Å². The van der Waals surface area contributed by atoms with Crippen molar-refractivity contribution in [3.05, 3.63) is 108 Å². The minimum Gasteiger partial charge on any atom is -0.369 e. The molecular weight excluding hydrogens is 543 g/mol. The molecule has 5 aromatic rings. The summed E-state index contributed by atoms with van der Waals surface area (Å²) in [5.41, 5.74) is 7.18. The van der Waals surface area contributed by atoms with Gasteiger partial charge in [-0.1, -0.05) is 6.07 Å². The van der Waals surface area contributed by atoms with Crippen LogP contribution in [0.4, 0.5) is 27.4 Å². The molecule has 1 fully saturated rings. The van der Waals surface area contributed by atoms with Gasteiger partial charge in [-0.2, -0.15) is 0 Å². The van der Waals surface area contributed by atoms with Crippen LogP contribution in [0.2, 0.25) is 0 Å². The first kappa shape index (κ1) is 28.0. The van der Waals surface area contributed by atoms with Crippen molar-refractivity contribution in [2.75, 3.05) is 48.8 Å². The Morgan fingerprint density at radius 3 is 2.40 bits per heavy atom. The van der Waals surface area contributed by atoms with E-state index < -0.39 is 0 Å². The molecule has 3 heterocycles. The second kappa shape index (κ2) is 12.0. The summed E-state index contributed by atoms with van der Waals surface area (Å²) >= 11 is 0. The maximum atomic E-state index is 13.5. The van der Waals surface area contributed by atoms with Crippen LogP contribution in [0, 0.1) is 19.7 Å². The third kappa shape index (κ3) is 6.54. The number of anilines is 4. The van der Waals surface area contributed by atoms with Gasteiger partial charge in [-0.25, -0.2) is 19.3 Å². The van der Waals surface area contributed by atoms with Crippen LogP contribution in [-0.4, -0.2) is 63.6 Å². The lowest BCUT2D eigenvalue weighted by atomic mass is 10.1. The van der Waals surface area contributed by atoms with Crippen molar-refractivity contribution < 1.29 is 9.18 Å². The first-order valence-corrected chi connectivity index (χ1v) is 14.2. The molecule has 1 aliphatic rings. The van der Waals surface area contributed by atoms with Gasteiger partial charge < -0.3 is 25.0 Å². The van der Waals surface area contributed by atoms with Crippen molar-refractivity contribution in [3.63, 3.8) is 0 Å². The molecule has 1 saturated heterocycles. The van der Waals surface area contributed by atoms with Gasteiger partial charge >= 0.3 is 0 Å². The van der Waals surface area contributed by atoms with Crippen LogP contribution in [0.1, 0.15) is 21.6 Å². The second-order valence-corrected chi connectivity index (χ2v) is 10.8. The zero-order valence-corrected chi connectivity index (χ0v) is 24.4. The van der Waals surface area contributed by atoms with E-state index in [-0.39, 0.29) is 11.7 Å². The molecule has 2 N–H and O–H groups in total. The Labute approximate surface area is 250 Å². The summed E-state index contributed by atoms with van der Waals surface area (Å²) in [7, 11) is 2.13. The van der Waals surface area contributed by atoms with E-state index in [4.69, 9.17) is 0 Å². The van der Waals surface area contributed by atoms with Crippen LogP contribution in [0.15, 0.2) is 85.5 Å². The minimum absolute atomic E-state index is 0.229. The lowest BCUT2D eigenvalue weighted by Gasteiger charge is -2.34. The lowest BCUT2D eigenvalue weighted by Crippen LogP contribution is -2.44. The molecule has 0 unspecified atom stereocenters. The van der Waals surface area contributed by atoms with E-state index in [1.165, 1.54) is 12.1 Å². The number of hydrogen-bond donors (Lipinski definition) is 2. The van der Waals surface area contributed by atoms with E-state index in [9.17, 15) is 9.18 Å². The molecule has 0 spiro atoms. The van der Waals surface area contributed by atoms with E-state index in [1.807, 2.05) is 42.8 Å². The number of amides is 1. The highest BCUT2D eigenvalue weighted by atomic mass is 19.1. The molecule has 10 heteroatoms. The molecule has 0 atom stereocenters. The van der Waals surface area contributed by atoms with Crippen LogP contribution in [0.5, 0.6) is 0 Å². The Morgan fingerprint density at radius 1 is 0.884 bits per heavy atom. The third-order valence-corrected chi connectivity index (χ3v) is 7.58. The summed E-state index contributed by atoms with van der Waals surface area (Å²) in [4.78, 5) is 31.5. The van der Waals surface area contributed by atoms with Crippen molar-refractivity contribution in [2.24, 2.45) is 0 Å². The molecule has 2 aromatic heterocycles. The summed E-state index contributed by atoms with van der Waals surface area (Å²) < 4.78 is 15.4. The number of piperazine rings is 1. The number of benzene rings is 3. The number of aryl methyl sites for hydroxylation is 2. The number of aromatic nitrogens is 4. The summed E-state index contributed by atoms with van der Waals surface area (Å²) in [6.07, 6.45) is 5.40. The summed E-state index contributed by atoms with van der Waals surface area (Å²) in [5.74, 6) is -0.157. The standard InChI is InChI=1S/C33H33FN8O/c1-22-4-5-25(16-31(22)39-33-35-11-10-30(38-33)24-6-8-26(34)9-7-24)32(43)37-27-17-28(41-14-12-40(3)13-15-41)19-29(18-27)42-20-23(2)36-21-42/h4-11,16-21H,12-15H2,1-3H3,(H,37,43)(H,35,38,39). The van der Waals surface area contributed by atoms with Gasteiger partial charge in [0.1, 0.15) is 5.82 Å². The molecule has 0 saturated carbocycles. The monoisotopic (exact) mass is 576 g/mol. The maximum Gasteiger partial charge on any atom is 0.255 e. The minimum atomic E-state index is -0.305. The number of rotatable bonds is 7. The van der Waals surface area contributed by atoms with Crippen molar-refractivity contribution >= 4 is 28.9 Å². The van der Waals surface area contributed by atoms with Gasteiger partial charge in [-0.3, -0.25) is 4.79 Å². The normalized spacial score (nSPS) is 13.6. The van der Waals surface area contributed by atoms with Gasteiger partial charge in [-0.05, 0) is 87.1 Å². The Hall–Kier alpha value is -5.09. The molecule has 218 valence electrons. The third-order valence-electron chi connectivity index (χ3n) is 7.58. The van der Waals surface area contributed by atoms with Crippen LogP contribution in [0.25, 0.3) is 16.9 Å². The summed E-state index contributed by atoms with van der Waals surface area (Å²) in [5, 5.41) is 6.35. The van der Waals surface area contributed by atoms with Gasteiger partial charge in [0.05, 0.1) is 23.4 Å². The van der Waals surface area contributed by atoms with Gasteiger partial charge in [-0.15, -0.1) is 0 Å². The Balaban J connectivity index is 1.24. The highest BCUT2D eigenvalue weighted by Crippen LogP contribution is 2.28. The van der Waals surface area contributed by atoms with E-state index in [2.05, 4.69) is 48.5 Å². The average Bonchev–Trinajstić information content (AvgIpc) is 3.45. The fraction of sp³-hybridized carbons (Fsp3) is 0.212.